The van der Waals surface area contributed by atoms with Crippen molar-refractivity contribution < 1.29 is 29.0 Å². The number of carboxylic acid groups (broad SMARTS) is 1. The van der Waals surface area contributed by atoms with E-state index in [1.807, 2.05) is 6.92 Å². The third kappa shape index (κ3) is 2.97. The van der Waals surface area contributed by atoms with Gasteiger partial charge in [0.25, 0.3) is 5.91 Å². The summed E-state index contributed by atoms with van der Waals surface area (Å²) in [6.07, 6.45) is 1.80. The standard InChI is InChI=1S/C13H19N3O6/c1-2-3-4-7-22-13(21)16-6-5-15-8(9(16)11(18)19)10(17)14-12(15)20/h8-9H,2-7H2,1H3,(H,18,19)(H,14,17,20). The molecule has 0 bridgehead atoms. The van der Waals surface area contributed by atoms with E-state index < -0.39 is 36.1 Å². The number of fused-ring (bicyclic) bond motifs is 1. The summed E-state index contributed by atoms with van der Waals surface area (Å²) in [5, 5.41) is 11.4. The Morgan fingerprint density at radius 2 is 2.05 bits per heavy atom. The largest absolute Gasteiger partial charge is 0.480 e. The van der Waals surface area contributed by atoms with Crippen molar-refractivity contribution in [2.45, 2.75) is 38.3 Å². The summed E-state index contributed by atoms with van der Waals surface area (Å²) < 4.78 is 5.06. The maximum atomic E-state index is 12.1. The molecule has 9 heteroatoms. The van der Waals surface area contributed by atoms with E-state index in [4.69, 9.17) is 4.74 Å². The van der Waals surface area contributed by atoms with Crippen LogP contribution in [0.5, 0.6) is 0 Å². The van der Waals surface area contributed by atoms with Crippen molar-refractivity contribution in [3.05, 3.63) is 0 Å². The van der Waals surface area contributed by atoms with Gasteiger partial charge in [-0.15, -0.1) is 0 Å². The van der Waals surface area contributed by atoms with Crippen molar-refractivity contribution in [3.63, 3.8) is 0 Å². The van der Waals surface area contributed by atoms with E-state index in [1.54, 1.807) is 0 Å². The second-order valence-electron chi connectivity index (χ2n) is 5.23. The number of aliphatic carboxylic acids is 1. The molecule has 2 atom stereocenters. The zero-order valence-electron chi connectivity index (χ0n) is 12.3. The van der Waals surface area contributed by atoms with Crippen molar-refractivity contribution in [2.24, 2.45) is 0 Å². The van der Waals surface area contributed by atoms with Crippen LogP contribution in [0.4, 0.5) is 9.59 Å². The van der Waals surface area contributed by atoms with Gasteiger partial charge in [0, 0.05) is 13.1 Å². The summed E-state index contributed by atoms with van der Waals surface area (Å²) in [5.74, 6) is -2.05. The van der Waals surface area contributed by atoms with Gasteiger partial charge in [-0.2, -0.15) is 0 Å². The number of piperazine rings is 1. The molecule has 2 fully saturated rings. The zero-order valence-corrected chi connectivity index (χ0v) is 12.3. The zero-order chi connectivity index (χ0) is 16.3. The molecule has 22 heavy (non-hydrogen) atoms. The molecular weight excluding hydrogens is 294 g/mol. The average molecular weight is 313 g/mol. The molecular formula is C13H19N3O6. The molecule has 2 aliphatic heterocycles. The highest BCUT2D eigenvalue weighted by molar-refractivity contribution is 6.07. The first-order chi connectivity index (χ1) is 10.5. The second kappa shape index (κ2) is 6.63. The van der Waals surface area contributed by atoms with Gasteiger partial charge in [0.1, 0.15) is 6.04 Å². The van der Waals surface area contributed by atoms with E-state index in [0.29, 0.717) is 6.42 Å². The van der Waals surface area contributed by atoms with Gasteiger partial charge in [-0.25, -0.2) is 14.4 Å². The fraction of sp³-hybridized carbons (Fsp3) is 0.692. The number of carboxylic acids is 1. The molecule has 2 heterocycles. The number of ether oxygens (including phenoxy) is 1. The first kappa shape index (κ1) is 16.1. The van der Waals surface area contributed by atoms with Crippen LogP contribution in [0.2, 0.25) is 0 Å². The van der Waals surface area contributed by atoms with E-state index in [1.165, 1.54) is 0 Å². The fourth-order valence-corrected chi connectivity index (χ4v) is 2.67. The Balaban J connectivity index is 2.08. The molecule has 2 saturated heterocycles. The Kier molecular flexibility index (Phi) is 4.84. The number of urea groups is 1. The quantitative estimate of drug-likeness (QED) is 0.545. The van der Waals surface area contributed by atoms with Crippen LogP contribution in [-0.2, 0) is 14.3 Å². The van der Waals surface area contributed by atoms with E-state index in [9.17, 15) is 24.3 Å². The van der Waals surface area contributed by atoms with Gasteiger partial charge >= 0.3 is 18.1 Å². The van der Waals surface area contributed by atoms with Crippen LogP contribution in [-0.4, -0.2) is 70.7 Å². The molecule has 2 aliphatic rings. The van der Waals surface area contributed by atoms with E-state index >= 15 is 0 Å². The summed E-state index contributed by atoms with van der Waals surface area (Å²) in [5.41, 5.74) is 0. The van der Waals surface area contributed by atoms with Crippen molar-refractivity contribution in [2.75, 3.05) is 19.7 Å². The number of hydrogen-bond donors (Lipinski definition) is 2. The Hall–Kier alpha value is -2.32. The highest BCUT2D eigenvalue weighted by atomic mass is 16.6. The van der Waals surface area contributed by atoms with Gasteiger partial charge in [0.2, 0.25) is 0 Å². The van der Waals surface area contributed by atoms with Crippen molar-refractivity contribution in [1.82, 2.24) is 15.1 Å². The van der Waals surface area contributed by atoms with Crippen molar-refractivity contribution in [3.8, 4) is 0 Å². The number of rotatable bonds is 5. The molecule has 0 radical (unpaired) electrons. The predicted molar refractivity (Wildman–Crippen MR) is 73.0 cm³/mol. The summed E-state index contributed by atoms with van der Waals surface area (Å²) >= 11 is 0. The number of carbonyl (C=O) groups is 4. The Labute approximate surface area is 127 Å². The number of nitrogens with zero attached hydrogens (tertiary/aromatic N) is 2. The molecule has 2 rings (SSSR count). The van der Waals surface area contributed by atoms with Gasteiger partial charge in [-0.1, -0.05) is 19.8 Å². The highest BCUT2D eigenvalue weighted by Gasteiger charge is 2.53. The van der Waals surface area contributed by atoms with Gasteiger partial charge < -0.3 is 14.7 Å². The minimum Gasteiger partial charge on any atom is -0.480 e. The second-order valence-corrected chi connectivity index (χ2v) is 5.23. The molecule has 2 unspecified atom stereocenters. The number of unbranched alkanes of at least 4 members (excludes halogenated alkanes) is 2. The Morgan fingerprint density at radius 3 is 2.68 bits per heavy atom. The lowest BCUT2D eigenvalue weighted by atomic mass is 10.0. The third-order valence-electron chi connectivity index (χ3n) is 3.77. The molecule has 0 aromatic heterocycles. The van der Waals surface area contributed by atoms with Crippen LogP contribution in [0.1, 0.15) is 26.2 Å². The van der Waals surface area contributed by atoms with Crippen LogP contribution in [0.25, 0.3) is 0 Å². The monoisotopic (exact) mass is 313 g/mol. The Bertz CT molecular complexity index is 494. The number of imide groups is 1. The van der Waals surface area contributed by atoms with Crippen LogP contribution in [0.3, 0.4) is 0 Å². The molecule has 0 saturated carbocycles. The summed E-state index contributed by atoms with van der Waals surface area (Å²) in [6, 6.07) is -3.27. The lowest BCUT2D eigenvalue weighted by Gasteiger charge is -2.39. The van der Waals surface area contributed by atoms with Crippen LogP contribution in [0, 0.1) is 0 Å². The van der Waals surface area contributed by atoms with Gasteiger partial charge in [0.05, 0.1) is 6.61 Å². The van der Waals surface area contributed by atoms with Crippen LogP contribution in [0.15, 0.2) is 0 Å². The molecule has 0 aliphatic carbocycles. The van der Waals surface area contributed by atoms with Crippen LogP contribution >= 0.6 is 0 Å². The SMILES string of the molecule is CCCCCOC(=O)N1CCN2C(=O)NC(=O)C2C1C(=O)O. The number of amides is 4. The molecule has 0 spiro atoms. The Morgan fingerprint density at radius 1 is 1.32 bits per heavy atom. The minimum absolute atomic E-state index is 0.0147. The fourth-order valence-electron chi connectivity index (χ4n) is 2.67. The number of hydrogen-bond acceptors (Lipinski definition) is 5. The number of nitrogens with one attached hydrogen (secondary N) is 1. The smallest absolute Gasteiger partial charge is 0.410 e. The van der Waals surface area contributed by atoms with E-state index in [0.717, 1.165) is 22.6 Å². The van der Waals surface area contributed by atoms with Gasteiger partial charge in [-0.05, 0) is 6.42 Å². The lowest BCUT2D eigenvalue weighted by Crippen LogP contribution is -2.64. The molecule has 122 valence electrons. The molecule has 4 amide bonds. The topological polar surface area (TPSA) is 116 Å². The van der Waals surface area contributed by atoms with Crippen LogP contribution < -0.4 is 5.32 Å². The predicted octanol–water partition coefficient (Wildman–Crippen LogP) is 0.00240. The first-order valence-electron chi connectivity index (χ1n) is 7.25. The normalized spacial score (nSPS) is 24.0. The summed E-state index contributed by atoms with van der Waals surface area (Å²) in [4.78, 5) is 49.0. The molecule has 0 aromatic carbocycles. The van der Waals surface area contributed by atoms with Crippen molar-refractivity contribution in [1.29, 1.82) is 0 Å². The van der Waals surface area contributed by atoms with Crippen molar-refractivity contribution >= 4 is 24.0 Å². The average Bonchev–Trinajstić information content (AvgIpc) is 2.77. The van der Waals surface area contributed by atoms with E-state index in [2.05, 4.69) is 5.32 Å². The molecule has 9 nitrogen and oxygen atoms in total. The molecule has 0 aromatic rings. The summed E-state index contributed by atoms with van der Waals surface area (Å²) in [7, 11) is 0. The summed E-state index contributed by atoms with van der Waals surface area (Å²) in [6.45, 7) is 2.32. The lowest BCUT2D eigenvalue weighted by molar-refractivity contribution is -0.149. The minimum atomic E-state index is -1.43. The maximum Gasteiger partial charge on any atom is 0.410 e. The van der Waals surface area contributed by atoms with Gasteiger partial charge in [-0.3, -0.25) is 15.0 Å². The highest BCUT2D eigenvalue weighted by Crippen LogP contribution is 2.23. The third-order valence-corrected chi connectivity index (χ3v) is 3.77. The number of carbonyl (C=O) groups excluding carboxylic acids is 3. The van der Waals surface area contributed by atoms with E-state index in [-0.39, 0.29) is 19.7 Å². The molecule has 2 N–H and O–H groups in total. The maximum absolute atomic E-state index is 12.1. The first-order valence-corrected chi connectivity index (χ1v) is 7.25. The van der Waals surface area contributed by atoms with Gasteiger partial charge in [0.15, 0.2) is 6.04 Å².